The zero-order valence-electron chi connectivity index (χ0n) is 18.9. The minimum absolute atomic E-state index is 0.0248. The van der Waals surface area contributed by atoms with Crippen molar-refractivity contribution in [3.8, 4) is 22.9 Å². The molecule has 1 aromatic carbocycles. The van der Waals surface area contributed by atoms with Crippen LogP contribution < -0.4 is 20.1 Å². The number of nitrogens with one attached hydrogen (secondary N) is 3. The standard InChI is InChI=1S/C26H22FN5O3/c1-34-25-16(27)6-4-7-18(25)30-24-20-21-14(13-29-26(20)33)5-2-3-12-35-19-9-8-17-22(31-19)15(10-11-28-17)23(24)32-21/h2-4,6-11,14,30,32H,5,12-13H2,1H3,(H,29,33)/b3-2-. The number of pyridine rings is 2. The number of carbonyl (C=O) groups is 1. The third-order valence-corrected chi connectivity index (χ3v) is 6.35. The van der Waals surface area contributed by atoms with Crippen LogP contribution in [0.3, 0.4) is 0 Å². The van der Waals surface area contributed by atoms with Gasteiger partial charge >= 0.3 is 0 Å². The second-order valence-electron chi connectivity index (χ2n) is 8.41. The number of benzene rings is 1. The van der Waals surface area contributed by atoms with E-state index in [9.17, 15) is 9.18 Å². The zero-order chi connectivity index (χ0) is 23.9. The number of fused-ring (bicyclic) bond motifs is 3. The molecule has 4 aromatic rings. The average Bonchev–Trinajstić information content (AvgIpc) is 3.24. The summed E-state index contributed by atoms with van der Waals surface area (Å²) in [7, 11) is 1.41. The second kappa shape index (κ2) is 8.43. The van der Waals surface area contributed by atoms with Crippen molar-refractivity contribution in [2.45, 2.75) is 12.3 Å². The van der Waals surface area contributed by atoms with Gasteiger partial charge in [0.05, 0.1) is 35.3 Å². The Morgan fingerprint density at radius 1 is 1.20 bits per heavy atom. The van der Waals surface area contributed by atoms with E-state index in [0.717, 1.165) is 11.3 Å². The number of aromatic nitrogens is 3. The van der Waals surface area contributed by atoms with Crippen LogP contribution in [-0.4, -0.2) is 41.1 Å². The number of H-pyrrole nitrogens is 1. The number of nitrogens with zero attached hydrogens (tertiary/aromatic N) is 2. The van der Waals surface area contributed by atoms with E-state index in [0.29, 0.717) is 59.1 Å². The predicted octanol–water partition coefficient (Wildman–Crippen LogP) is 4.68. The van der Waals surface area contributed by atoms with E-state index in [1.165, 1.54) is 13.2 Å². The molecule has 0 saturated carbocycles. The molecule has 1 atom stereocenters. The highest BCUT2D eigenvalue weighted by atomic mass is 19.1. The molecule has 8 nitrogen and oxygen atoms in total. The van der Waals surface area contributed by atoms with E-state index in [2.05, 4.69) is 20.6 Å². The molecule has 0 spiro atoms. The van der Waals surface area contributed by atoms with Gasteiger partial charge in [-0.3, -0.25) is 9.78 Å². The Hall–Kier alpha value is -4.40. The van der Waals surface area contributed by atoms with Crippen LogP contribution in [0.25, 0.3) is 22.3 Å². The molecule has 5 heterocycles. The number of methoxy groups -OCH3 is 1. The molecule has 1 amide bonds. The van der Waals surface area contributed by atoms with E-state index >= 15 is 0 Å². The van der Waals surface area contributed by atoms with Crippen molar-refractivity contribution in [2.24, 2.45) is 0 Å². The molecular weight excluding hydrogens is 449 g/mol. The summed E-state index contributed by atoms with van der Waals surface area (Å²) in [5.41, 5.74) is 4.93. The highest BCUT2D eigenvalue weighted by Crippen LogP contribution is 2.43. The van der Waals surface area contributed by atoms with E-state index in [1.807, 2.05) is 24.3 Å². The van der Waals surface area contributed by atoms with Crippen molar-refractivity contribution < 1.29 is 18.7 Å². The average molecular weight is 471 g/mol. The van der Waals surface area contributed by atoms with Crippen LogP contribution in [0.15, 0.2) is 54.7 Å². The highest BCUT2D eigenvalue weighted by molar-refractivity contribution is 6.08. The number of rotatable bonds is 3. The van der Waals surface area contributed by atoms with Crippen molar-refractivity contribution in [1.82, 2.24) is 20.3 Å². The van der Waals surface area contributed by atoms with Gasteiger partial charge in [0, 0.05) is 36.0 Å². The fraction of sp³-hybridized carbons (Fsp3) is 0.192. The Kier molecular flexibility index (Phi) is 5.09. The van der Waals surface area contributed by atoms with E-state index in [1.54, 1.807) is 24.4 Å². The number of ether oxygens (including phenoxy) is 2. The lowest BCUT2D eigenvalue weighted by atomic mass is 9.93. The fourth-order valence-electron chi connectivity index (χ4n) is 4.70. The summed E-state index contributed by atoms with van der Waals surface area (Å²) in [4.78, 5) is 25.8. The highest BCUT2D eigenvalue weighted by Gasteiger charge is 2.33. The van der Waals surface area contributed by atoms with Crippen LogP contribution in [0, 0.1) is 5.82 Å². The Bertz CT molecular complexity index is 1500. The van der Waals surface area contributed by atoms with Gasteiger partial charge in [-0.05, 0) is 30.7 Å². The van der Waals surface area contributed by atoms with Crippen LogP contribution in [0.1, 0.15) is 28.4 Å². The molecule has 35 heavy (non-hydrogen) atoms. The number of carbonyl (C=O) groups excluding carboxylic acids is 1. The van der Waals surface area contributed by atoms with Gasteiger partial charge in [0.25, 0.3) is 5.91 Å². The number of amides is 1. The summed E-state index contributed by atoms with van der Waals surface area (Å²) >= 11 is 0. The molecule has 3 N–H and O–H groups in total. The predicted molar refractivity (Wildman–Crippen MR) is 130 cm³/mol. The molecule has 0 radical (unpaired) electrons. The van der Waals surface area contributed by atoms with Crippen LogP contribution >= 0.6 is 0 Å². The quantitative estimate of drug-likeness (QED) is 0.375. The largest absolute Gasteiger partial charge is 0.492 e. The van der Waals surface area contributed by atoms with Gasteiger partial charge in [-0.25, -0.2) is 9.37 Å². The number of anilines is 2. The zero-order valence-corrected chi connectivity index (χ0v) is 18.9. The Morgan fingerprint density at radius 3 is 3.00 bits per heavy atom. The van der Waals surface area contributed by atoms with E-state index in [-0.39, 0.29) is 17.6 Å². The van der Waals surface area contributed by atoms with Gasteiger partial charge in [-0.2, -0.15) is 0 Å². The first-order valence-electron chi connectivity index (χ1n) is 11.3. The summed E-state index contributed by atoms with van der Waals surface area (Å²) in [5, 5.41) is 6.28. The molecule has 4 bridgehead atoms. The molecule has 2 aliphatic heterocycles. The Labute approximate surface area is 200 Å². The van der Waals surface area contributed by atoms with Crippen molar-refractivity contribution in [2.75, 3.05) is 25.6 Å². The monoisotopic (exact) mass is 471 g/mol. The number of hydrogen-bond acceptors (Lipinski definition) is 6. The lowest BCUT2D eigenvalue weighted by Gasteiger charge is -2.23. The second-order valence-corrected chi connectivity index (χ2v) is 8.41. The maximum atomic E-state index is 14.5. The number of aromatic amines is 1. The maximum absolute atomic E-state index is 14.5. The fourth-order valence-corrected chi connectivity index (χ4v) is 4.70. The molecule has 0 fully saturated rings. The van der Waals surface area contributed by atoms with Crippen molar-refractivity contribution >= 4 is 28.3 Å². The molecule has 1 unspecified atom stereocenters. The minimum atomic E-state index is -0.504. The van der Waals surface area contributed by atoms with Crippen molar-refractivity contribution in [3.05, 3.63) is 71.8 Å². The Balaban J connectivity index is 1.64. The molecule has 0 saturated heterocycles. The number of hydrogen-bond donors (Lipinski definition) is 3. The smallest absolute Gasteiger partial charge is 0.255 e. The first-order chi connectivity index (χ1) is 17.1. The van der Waals surface area contributed by atoms with Gasteiger partial charge in [-0.1, -0.05) is 18.2 Å². The molecule has 176 valence electrons. The lowest BCUT2D eigenvalue weighted by molar-refractivity contribution is 0.0941. The van der Waals surface area contributed by atoms with E-state index < -0.39 is 5.82 Å². The molecule has 2 aliphatic rings. The lowest BCUT2D eigenvalue weighted by Crippen LogP contribution is -2.34. The van der Waals surface area contributed by atoms with Crippen LogP contribution in [0.5, 0.6) is 11.6 Å². The first kappa shape index (κ1) is 21.2. The molecular formula is C26H22FN5O3. The van der Waals surface area contributed by atoms with Gasteiger partial charge < -0.3 is 25.1 Å². The molecule has 0 aliphatic carbocycles. The molecule has 6 rings (SSSR count). The van der Waals surface area contributed by atoms with Crippen molar-refractivity contribution in [1.29, 1.82) is 0 Å². The van der Waals surface area contributed by atoms with Crippen LogP contribution in [0.2, 0.25) is 0 Å². The summed E-state index contributed by atoms with van der Waals surface area (Å²) in [6.07, 6.45) is 6.39. The molecule has 3 aromatic heterocycles. The maximum Gasteiger partial charge on any atom is 0.255 e. The summed E-state index contributed by atoms with van der Waals surface area (Å²) in [6.45, 7) is 0.888. The van der Waals surface area contributed by atoms with Gasteiger partial charge in [0.1, 0.15) is 12.1 Å². The number of allylic oxidation sites excluding steroid dienone is 1. The summed E-state index contributed by atoms with van der Waals surface area (Å²) < 4.78 is 25.6. The van der Waals surface area contributed by atoms with Crippen LogP contribution in [0.4, 0.5) is 15.8 Å². The third kappa shape index (κ3) is 3.56. The molecule has 9 heteroatoms. The topological polar surface area (TPSA) is 101 Å². The van der Waals surface area contributed by atoms with Crippen molar-refractivity contribution in [3.63, 3.8) is 0 Å². The third-order valence-electron chi connectivity index (χ3n) is 6.35. The van der Waals surface area contributed by atoms with Gasteiger partial charge in [-0.15, -0.1) is 0 Å². The SMILES string of the molecule is COc1c(F)cccc1Nc1c2[nH]c3c1C(=O)NCC3C/C=C\COc1ccc3nccc-2c3n1. The van der Waals surface area contributed by atoms with Gasteiger partial charge in [0.2, 0.25) is 5.88 Å². The normalized spacial score (nSPS) is 17.5. The Morgan fingerprint density at radius 2 is 2.11 bits per heavy atom. The van der Waals surface area contributed by atoms with E-state index in [4.69, 9.17) is 14.5 Å². The number of para-hydroxylation sites is 1. The van der Waals surface area contributed by atoms with Gasteiger partial charge in [0.15, 0.2) is 11.6 Å². The minimum Gasteiger partial charge on any atom is -0.492 e. The van der Waals surface area contributed by atoms with Crippen LogP contribution in [-0.2, 0) is 0 Å². The first-order valence-corrected chi connectivity index (χ1v) is 11.3. The summed E-state index contributed by atoms with van der Waals surface area (Å²) in [6, 6.07) is 10.1. The summed E-state index contributed by atoms with van der Waals surface area (Å²) in [5.74, 6) is -0.145. The number of halogens is 1.